The molecule has 0 fully saturated rings. The van der Waals surface area contributed by atoms with Gasteiger partial charge in [-0.05, 0) is 42.3 Å². The Morgan fingerprint density at radius 1 is 0.974 bits per heavy atom. The van der Waals surface area contributed by atoms with E-state index in [1.54, 1.807) is 12.4 Å². The summed E-state index contributed by atoms with van der Waals surface area (Å²) < 4.78 is 6.00. The molecule has 1 N–H and O–H groups in total. The number of halogens is 1. The number of nitrogens with one attached hydrogen (secondary N) is 1. The third-order valence-electron chi connectivity index (χ3n) is 6.81. The number of hydrogen-bond donors (Lipinski definition) is 1. The van der Waals surface area contributed by atoms with Crippen LogP contribution in [-0.2, 0) is 13.2 Å². The van der Waals surface area contributed by atoms with E-state index in [0.29, 0.717) is 23.9 Å². The Balaban J connectivity index is 1.35. The van der Waals surface area contributed by atoms with Crippen LogP contribution in [0.5, 0.6) is 5.75 Å². The van der Waals surface area contributed by atoms with Crippen LogP contribution in [0, 0.1) is 6.92 Å². The number of ether oxygens (including phenoxy) is 1. The van der Waals surface area contributed by atoms with Crippen molar-refractivity contribution >= 4 is 17.5 Å². The van der Waals surface area contributed by atoms with Crippen LogP contribution in [0.3, 0.4) is 0 Å². The maximum atomic E-state index is 13.6. The number of carbonyl (C=O) groups is 1. The van der Waals surface area contributed by atoms with E-state index in [0.717, 1.165) is 39.3 Å². The van der Waals surface area contributed by atoms with Crippen LogP contribution >= 0.6 is 11.6 Å². The van der Waals surface area contributed by atoms with E-state index < -0.39 is 0 Å². The van der Waals surface area contributed by atoms with Crippen molar-refractivity contribution in [1.82, 2.24) is 20.1 Å². The number of aromatic amines is 1. The fraction of sp³-hybridized carbons (Fsp3) is 0.129. The summed E-state index contributed by atoms with van der Waals surface area (Å²) in [6.45, 7) is 2.85. The predicted octanol–water partition coefficient (Wildman–Crippen LogP) is 6.76. The maximum Gasteiger partial charge on any atom is 0.273 e. The summed E-state index contributed by atoms with van der Waals surface area (Å²) in [5, 5.41) is 8.27. The number of pyridine rings is 1. The summed E-state index contributed by atoms with van der Waals surface area (Å²) in [5.74, 6) is 0.640. The lowest BCUT2D eigenvalue weighted by Gasteiger charge is -2.26. The molecular weight excluding hydrogens is 496 g/mol. The van der Waals surface area contributed by atoms with E-state index in [1.165, 1.54) is 5.56 Å². The fourth-order valence-electron chi connectivity index (χ4n) is 4.85. The summed E-state index contributed by atoms with van der Waals surface area (Å²) >= 11 is 6.28. The first-order chi connectivity index (χ1) is 18.6. The Kier molecular flexibility index (Phi) is 6.40. The summed E-state index contributed by atoms with van der Waals surface area (Å²) in [4.78, 5) is 19.7. The van der Waals surface area contributed by atoms with E-state index in [-0.39, 0.29) is 11.9 Å². The molecule has 1 aliphatic rings. The van der Waals surface area contributed by atoms with Gasteiger partial charge in [-0.25, -0.2) is 0 Å². The zero-order valence-corrected chi connectivity index (χ0v) is 21.5. The smallest absolute Gasteiger partial charge is 0.273 e. The number of hydrogen-bond acceptors (Lipinski definition) is 4. The van der Waals surface area contributed by atoms with Crippen LogP contribution in [0.4, 0.5) is 0 Å². The quantitative estimate of drug-likeness (QED) is 0.257. The molecular formula is C31H25ClN4O2. The Bertz CT molecular complexity index is 1580. The van der Waals surface area contributed by atoms with E-state index in [9.17, 15) is 4.79 Å². The number of amides is 1. The minimum atomic E-state index is -0.314. The fourth-order valence-corrected chi connectivity index (χ4v) is 5.04. The third-order valence-corrected chi connectivity index (χ3v) is 7.18. The molecule has 0 saturated heterocycles. The zero-order chi connectivity index (χ0) is 26.1. The Labute approximate surface area is 225 Å². The first-order valence-corrected chi connectivity index (χ1v) is 12.8. The van der Waals surface area contributed by atoms with Crippen LogP contribution in [0.1, 0.15) is 44.3 Å². The van der Waals surface area contributed by atoms with Gasteiger partial charge in [0.1, 0.15) is 18.1 Å². The minimum absolute atomic E-state index is 0.0845. The average molecular weight is 521 g/mol. The molecule has 1 amide bonds. The van der Waals surface area contributed by atoms with Crippen LogP contribution in [-0.4, -0.2) is 26.0 Å². The van der Waals surface area contributed by atoms with Gasteiger partial charge in [0.15, 0.2) is 0 Å². The largest absolute Gasteiger partial charge is 0.489 e. The van der Waals surface area contributed by atoms with Crippen molar-refractivity contribution in [1.29, 1.82) is 0 Å². The maximum absolute atomic E-state index is 13.6. The van der Waals surface area contributed by atoms with Gasteiger partial charge in [0.2, 0.25) is 0 Å². The van der Waals surface area contributed by atoms with Gasteiger partial charge in [-0.2, -0.15) is 5.10 Å². The molecule has 3 heterocycles. The second kappa shape index (κ2) is 10.1. The van der Waals surface area contributed by atoms with Gasteiger partial charge >= 0.3 is 0 Å². The molecule has 7 heteroatoms. The van der Waals surface area contributed by atoms with E-state index >= 15 is 0 Å². The van der Waals surface area contributed by atoms with Crippen molar-refractivity contribution in [3.8, 4) is 17.0 Å². The Morgan fingerprint density at radius 2 is 1.76 bits per heavy atom. The summed E-state index contributed by atoms with van der Waals surface area (Å²) in [6.07, 6.45) is 3.53. The van der Waals surface area contributed by atoms with Crippen molar-refractivity contribution in [2.45, 2.75) is 26.1 Å². The number of carbonyl (C=O) groups excluding carboxylic acids is 1. The lowest BCUT2D eigenvalue weighted by Crippen LogP contribution is -2.29. The number of aryl methyl sites for hydroxylation is 1. The summed E-state index contributed by atoms with van der Waals surface area (Å²) in [5.41, 5.74) is 7.18. The predicted molar refractivity (Wildman–Crippen MR) is 147 cm³/mol. The molecule has 1 unspecified atom stereocenters. The van der Waals surface area contributed by atoms with E-state index in [1.807, 2.05) is 77.7 Å². The SMILES string of the molecule is Cc1ccc(-c2n[nH]c3c2C(c2ccc(OCc4ccccc4Cl)cc2)N(Cc2cccnc2)C3=O)cc1. The molecule has 1 aliphatic heterocycles. The molecule has 0 spiro atoms. The highest BCUT2D eigenvalue weighted by Gasteiger charge is 2.42. The molecule has 2 aromatic heterocycles. The Hall–Kier alpha value is -4.42. The van der Waals surface area contributed by atoms with Crippen molar-refractivity contribution in [2.24, 2.45) is 0 Å². The third kappa shape index (κ3) is 4.55. The molecule has 0 aliphatic carbocycles. The van der Waals surface area contributed by atoms with Crippen LogP contribution in [0.2, 0.25) is 5.02 Å². The van der Waals surface area contributed by atoms with Gasteiger partial charge in [-0.15, -0.1) is 0 Å². The number of nitrogens with zero attached hydrogens (tertiary/aromatic N) is 3. The molecule has 38 heavy (non-hydrogen) atoms. The van der Waals surface area contributed by atoms with Crippen molar-refractivity contribution < 1.29 is 9.53 Å². The number of fused-ring (bicyclic) bond motifs is 1. The van der Waals surface area contributed by atoms with Gasteiger partial charge in [-0.3, -0.25) is 14.9 Å². The van der Waals surface area contributed by atoms with Crippen molar-refractivity contribution in [3.05, 3.63) is 136 Å². The molecule has 5 aromatic rings. The highest BCUT2D eigenvalue weighted by Crippen LogP contribution is 2.43. The van der Waals surface area contributed by atoms with Crippen LogP contribution in [0.25, 0.3) is 11.3 Å². The number of benzene rings is 3. The minimum Gasteiger partial charge on any atom is -0.489 e. The average Bonchev–Trinajstić information content (AvgIpc) is 3.49. The molecule has 0 saturated carbocycles. The highest BCUT2D eigenvalue weighted by molar-refractivity contribution is 6.31. The highest BCUT2D eigenvalue weighted by atomic mass is 35.5. The first kappa shape index (κ1) is 23.9. The number of rotatable bonds is 7. The Morgan fingerprint density at radius 3 is 2.50 bits per heavy atom. The molecule has 188 valence electrons. The monoisotopic (exact) mass is 520 g/mol. The van der Waals surface area contributed by atoms with Gasteiger partial charge in [0.25, 0.3) is 5.91 Å². The van der Waals surface area contributed by atoms with Crippen molar-refractivity contribution in [2.75, 3.05) is 0 Å². The molecule has 0 radical (unpaired) electrons. The van der Waals surface area contributed by atoms with E-state index in [4.69, 9.17) is 16.3 Å². The summed E-state index contributed by atoms with van der Waals surface area (Å²) in [7, 11) is 0. The van der Waals surface area contributed by atoms with E-state index in [2.05, 4.69) is 34.2 Å². The number of H-pyrrole nitrogens is 1. The van der Waals surface area contributed by atoms with Gasteiger partial charge in [0, 0.05) is 40.7 Å². The first-order valence-electron chi connectivity index (χ1n) is 12.4. The standard InChI is InChI=1S/C31H25ClN4O2/c1-20-8-10-22(11-9-20)28-27-29(35-34-28)31(37)36(18-21-5-4-16-33-17-21)30(27)23-12-14-25(15-13-23)38-19-24-6-2-3-7-26(24)32/h2-17,30H,18-19H2,1H3,(H,34,35). The van der Waals surface area contributed by atoms with Crippen LogP contribution in [0.15, 0.2) is 97.3 Å². The lowest BCUT2D eigenvalue weighted by atomic mass is 9.95. The molecule has 3 aromatic carbocycles. The molecule has 1 atom stereocenters. The van der Waals surface area contributed by atoms with Gasteiger partial charge in [0.05, 0.1) is 11.7 Å². The summed E-state index contributed by atoms with van der Waals surface area (Å²) in [6, 6.07) is 27.3. The molecule has 6 rings (SSSR count). The second-order valence-corrected chi connectivity index (χ2v) is 9.78. The zero-order valence-electron chi connectivity index (χ0n) is 20.8. The molecule has 0 bridgehead atoms. The normalized spacial score (nSPS) is 14.5. The number of aromatic nitrogens is 3. The molecule has 6 nitrogen and oxygen atoms in total. The topological polar surface area (TPSA) is 71.1 Å². The van der Waals surface area contributed by atoms with Crippen LogP contribution < -0.4 is 4.74 Å². The lowest BCUT2D eigenvalue weighted by molar-refractivity contribution is 0.0730. The van der Waals surface area contributed by atoms with Gasteiger partial charge in [-0.1, -0.05) is 77.8 Å². The van der Waals surface area contributed by atoms with Gasteiger partial charge < -0.3 is 9.64 Å². The second-order valence-electron chi connectivity index (χ2n) is 9.37. The van der Waals surface area contributed by atoms with Crippen molar-refractivity contribution in [3.63, 3.8) is 0 Å².